The molecule has 4 nitrogen and oxygen atoms in total. The number of para-hydroxylation sites is 2. The molecule has 4 aromatic rings. The number of fused-ring (bicyclic) bond motifs is 2. The average molecular weight is 407 g/mol. The number of hydrogen-bond acceptors (Lipinski definition) is 2. The van der Waals surface area contributed by atoms with Crippen LogP contribution in [0.5, 0.6) is 0 Å². The molecule has 0 amide bonds. The van der Waals surface area contributed by atoms with Crippen molar-refractivity contribution < 1.29 is 14.1 Å². The highest BCUT2D eigenvalue weighted by Crippen LogP contribution is 2.40. The molecule has 0 saturated heterocycles. The number of allylic oxidation sites excluding steroid dienone is 1. The van der Waals surface area contributed by atoms with Gasteiger partial charge < -0.3 is 9.30 Å². The van der Waals surface area contributed by atoms with Crippen molar-refractivity contribution in [2.75, 3.05) is 14.2 Å². The Morgan fingerprint density at radius 2 is 1.58 bits per heavy atom. The summed E-state index contributed by atoms with van der Waals surface area (Å²) in [5.41, 5.74) is 8.64. The number of methoxy groups -OCH3 is 1. The second-order valence-corrected chi connectivity index (χ2v) is 7.79. The second kappa shape index (κ2) is 7.40. The van der Waals surface area contributed by atoms with Crippen LogP contribution in [0.2, 0.25) is 0 Å². The van der Waals surface area contributed by atoms with Crippen LogP contribution < -0.4 is 0 Å². The molecule has 152 valence electrons. The number of ether oxygens (including phenoxy) is 1. The first kappa shape index (κ1) is 19.1. The van der Waals surface area contributed by atoms with Crippen molar-refractivity contribution in [1.82, 2.24) is 4.57 Å². The van der Waals surface area contributed by atoms with Crippen LogP contribution in [0.4, 0.5) is 5.69 Å². The number of esters is 1. The number of carbonyl (C=O) groups excluding carboxylic acids is 1. The number of rotatable bonds is 3. The van der Waals surface area contributed by atoms with Gasteiger partial charge in [0.1, 0.15) is 7.05 Å². The van der Waals surface area contributed by atoms with Gasteiger partial charge in [0.15, 0.2) is 6.21 Å². The van der Waals surface area contributed by atoms with E-state index in [-0.39, 0.29) is 5.97 Å². The van der Waals surface area contributed by atoms with E-state index in [2.05, 4.69) is 84.2 Å². The Bertz CT molecular complexity index is 1390. The van der Waals surface area contributed by atoms with Crippen LogP contribution in [0, 0.1) is 0 Å². The molecule has 1 aromatic heterocycles. The van der Waals surface area contributed by atoms with Gasteiger partial charge in [0.05, 0.1) is 23.8 Å². The van der Waals surface area contributed by atoms with Gasteiger partial charge in [0.2, 0.25) is 5.69 Å². The Hall–Kier alpha value is -3.92. The van der Waals surface area contributed by atoms with Crippen molar-refractivity contribution in [3.8, 4) is 0 Å². The fourth-order valence-electron chi connectivity index (χ4n) is 4.43. The van der Waals surface area contributed by atoms with Gasteiger partial charge in [0.25, 0.3) is 0 Å². The van der Waals surface area contributed by atoms with Gasteiger partial charge in [0, 0.05) is 41.4 Å². The van der Waals surface area contributed by atoms with Gasteiger partial charge in [-0.25, -0.2) is 9.37 Å². The number of nitrogens with zero attached hydrogens (tertiary/aromatic N) is 2. The third kappa shape index (κ3) is 3.08. The number of carbonyl (C=O) groups is 1. The SMILES string of the molecule is COC(=O)c1ccc(/C(=C2\C=[N+](C)c3ccccc32)c2cn(C)c3ccccc23)cc1. The molecule has 0 radical (unpaired) electrons. The van der Waals surface area contributed by atoms with Crippen LogP contribution in [0.3, 0.4) is 0 Å². The van der Waals surface area contributed by atoms with Crippen molar-refractivity contribution in [2.45, 2.75) is 0 Å². The summed E-state index contributed by atoms with van der Waals surface area (Å²) in [5.74, 6) is -0.330. The molecule has 3 aromatic carbocycles. The summed E-state index contributed by atoms with van der Waals surface area (Å²) in [6, 6.07) is 24.6. The van der Waals surface area contributed by atoms with Crippen LogP contribution in [0.15, 0.2) is 79.0 Å². The first-order valence-electron chi connectivity index (χ1n) is 10.2. The molecule has 0 spiro atoms. The molecule has 4 heteroatoms. The predicted molar refractivity (Wildman–Crippen MR) is 125 cm³/mol. The summed E-state index contributed by atoms with van der Waals surface area (Å²) >= 11 is 0. The van der Waals surface area contributed by atoms with Crippen molar-refractivity contribution in [1.29, 1.82) is 0 Å². The highest BCUT2D eigenvalue weighted by molar-refractivity contribution is 6.25. The van der Waals surface area contributed by atoms with Gasteiger partial charge in [-0.15, -0.1) is 0 Å². The van der Waals surface area contributed by atoms with Crippen molar-refractivity contribution in [3.63, 3.8) is 0 Å². The largest absolute Gasteiger partial charge is 0.465 e. The lowest BCUT2D eigenvalue weighted by Crippen LogP contribution is -2.01. The Balaban J connectivity index is 1.82. The molecule has 0 aliphatic carbocycles. The quantitative estimate of drug-likeness (QED) is 0.342. The molecule has 1 aliphatic rings. The molecule has 0 fully saturated rings. The molecule has 0 atom stereocenters. The summed E-state index contributed by atoms with van der Waals surface area (Å²) in [5, 5.41) is 1.20. The number of benzene rings is 3. The van der Waals surface area contributed by atoms with Crippen LogP contribution >= 0.6 is 0 Å². The molecular formula is C27H23N2O2+. The minimum Gasteiger partial charge on any atom is -0.465 e. The lowest BCUT2D eigenvalue weighted by Gasteiger charge is -2.11. The fourth-order valence-corrected chi connectivity index (χ4v) is 4.43. The highest BCUT2D eigenvalue weighted by atomic mass is 16.5. The van der Waals surface area contributed by atoms with Gasteiger partial charge in [-0.2, -0.15) is 0 Å². The number of hydrogen-bond donors (Lipinski definition) is 0. The van der Waals surface area contributed by atoms with E-state index in [1.165, 1.54) is 40.4 Å². The standard InChI is InChI=1S/C27H23N2O2/c1-28-16-22(20-8-4-6-10-24(20)28)26(18-12-14-19(15-13-18)27(30)31-3)23-17-29(2)25-11-7-5-9-21(23)25/h4-17H,1-3H3/q+1. The Morgan fingerprint density at radius 1 is 0.903 bits per heavy atom. The zero-order valence-electron chi connectivity index (χ0n) is 17.8. The maximum atomic E-state index is 12.0. The molecule has 0 bridgehead atoms. The minimum absolute atomic E-state index is 0.330. The summed E-state index contributed by atoms with van der Waals surface area (Å²) in [7, 11) is 5.56. The Kier molecular flexibility index (Phi) is 4.55. The summed E-state index contributed by atoms with van der Waals surface area (Å²) in [6.07, 6.45) is 4.38. The second-order valence-electron chi connectivity index (χ2n) is 7.79. The van der Waals surface area contributed by atoms with E-state index in [0.29, 0.717) is 5.56 Å². The smallest absolute Gasteiger partial charge is 0.337 e. The van der Waals surface area contributed by atoms with Crippen molar-refractivity contribution >= 4 is 39.9 Å². The number of aryl methyl sites for hydroxylation is 1. The van der Waals surface area contributed by atoms with E-state index < -0.39 is 0 Å². The van der Waals surface area contributed by atoms with E-state index in [1.54, 1.807) is 0 Å². The van der Waals surface area contributed by atoms with Gasteiger partial charge in [-0.1, -0.05) is 42.5 Å². The topological polar surface area (TPSA) is 34.2 Å². The normalized spacial score (nSPS) is 14.4. The van der Waals surface area contributed by atoms with E-state index >= 15 is 0 Å². The maximum absolute atomic E-state index is 12.0. The molecular weight excluding hydrogens is 384 g/mol. The van der Waals surface area contributed by atoms with Crippen LogP contribution in [-0.4, -0.2) is 35.5 Å². The predicted octanol–water partition coefficient (Wildman–Crippen LogP) is 5.28. The zero-order valence-corrected chi connectivity index (χ0v) is 17.8. The van der Waals surface area contributed by atoms with Gasteiger partial charge in [-0.05, 0) is 29.8 Å². The fraction of sp³-hybridized carbons (Fsp3) is 0.111. The minimum atomic E-state index is -0.330. The lowest BCUT2D eigenvalue weighted by atomic mass is 9.90. The highest BCUT2D eigenvalue weighted by Gasteiger charge is 2.28. The molecule has 5 rings (SSSR count). The molecule has 0 saturated carbocycles. The Labute approximate surface area is 181 Å². The third-order valence-electron chi connectivity index (χ3n) is 5.93. The van der Waals surface area contributed by atoms with E-state index in [9.17, 15) is 4.79 Å². The van der Waals surface area contributed by atoms with E-state index in [1.807, 2.05) is 24.3 Å². The first-order valence-corrected chi connectivity index (χ1v) is 10.2. The Morgan fingerprint density at radius 3 is 2.35 bits per heavy atom. The molecule has 31 heavy (non-hydrogen) atoms. The van der Waals surface area contributed by atoms with Crippen molar-refractivity contribution in [3.05, 3.63) is 101 Å². The van der Waals surface area contributed by atoms with E-state index in [4.69, 9.17) is 4.74 Å². The summed E-state index contributed by atoms with van der Waals surface area (Å²) in [6.45, 7) is 0. The summed E-state index contributed by atoms with van der Waals surface area (Å²) < 4.78 is 9.21. The average Bonchev–Trinajstić information content (AvgIpc) is 3.32. The first-order chi connectivity index (χ1) is 15.1. The lowest BCUT2D eigenvalue weighted by molar-refractivity contribution is -0.395. The zero-order chi connectivity index (χ0) is 21.5. The van der Waals surface area contributed by atoms with Crippen LogP contribution in [0.25, 0.3) is 22.0 Å². The van der Waals surface area contributed by atoms with Gasteiger partial charge >= 0.3 is 5.97 Å². The molecule has 0 unspecified atom stereocenters. The van der Waals surface area contributed by atoms with Crippen LogP contribution in [0.1, 0.15) is 27.0 Å². The molecule has 2 heterocycles. The summed E-state index contributed by atoms with van der Waals surface area (Å²) in [4.78, 5) is 12.0. The van der Waals surface area contributed by atoms with Gasteiger partial charge in [-0.3, -0.25) is 0 Å². The monoisotopic (exact) mass is 407 g/mol. The maximum Gasteiger partial charge on any atom is 0.337 e. The third-order valence-corrected chi connectivity index (χ3v) is 5.93. The van der Waals surface area contributed by atoms with Crippen LogP contribution in [-0.2, 0) is 11.8 Å². The molecule has 0 N–H and O–H groups in total. The van der Waals surface area contributed by atoms with E-state index in [0.717, 1.165) is 11.1 Å². The molecule has 1 aliphatic heterocycles. The van der Waals surface area contributed by atoms with Crippen molar-refractivity contribution in [2.24, 2.45) is 7.05 Å². The number of aromatic nitrogens is 1.